The molecule has 5 rings (SSSR count). The molecule has 0 N–H and O–H groups in total. The van der Waals surface area contributed by atoms with Crippen molar-refractivity contribution in [1.29, 1.82) is 0 Å². The summed E-state index contributed by atoms with van der Waals surface area (Å²) in [5.41, 5.74) is 2.82. The van der Waals surface area contributed by atoms with Gasteiger partial charge in [0, 0.05) is 28.1 Å². The second-order valence-electron chi connectivity index (χ2n) is 8.01. The van der Waals surface area contributed by atoms with Crippen LogP contribution in [0.25, 0.3) is 31.6 Å². The molecule has 0 aliphatic carbocycles. The van der Waals surface area contributed by atoms with E-state index in [-0.39, 0.29) is 11.4 Å². The SMILES string of the molecule is Cc1ncc(-c2ccc(-c3c(C)nc(-c4cccc(F)c4)n(CCc4ccccc4)c3=O)s2)s1. The summed E-state index contributed by atoms with van der Waals surface area (Å²) in [7, 11) is 0. The molecule has 0 fully saturated rings. The predicted octanol–water partition coefficient (Wildman–Crippen LogP) is 6.76. The van der Waals surface area contributed by atoms with Crippen LogP contribution in [0.3, 0.4) is 0 Å². The second kappa shape index (κ2) is 9.44. The van der Waals surface area contributed by atoms with Crippen LogP contribution in [0.5, 0.6) is 0 Å². The molecule has 0 saturated heterocycles. The van der Waals surface area contributed by atoms with Gasteiger partial charge in [0.15, 0.2) is 0 Å². The Bertz CT molecular complexity index is 1520. The first-order valence-corrected chi connectivity index (χ1v) is 12.6. The highest BCUT2D eigenvalue weighted by Crippen LogP contribution is 2.37. The molecule has 0 aliphatic rings. The van der Waals surface area contributed by atoms with Crippen LogP contribution in [0.2, 0.25) is 0 Å². The molecule has 170 valence electrons. The highest BCUT2D eigenvalue weighted by molar-refractivity contribution is 7.23. The molecule has 7 heteroatoms. The molecular weight excluding hydrogens is 465 g/mol. The Labute approximate surface area is 205 Å². The third-order valence-electron chi connectivity index (χ3n) is 5.62. The monoisotopic (exact) mass is 487 g/mol. The molecule has 5 aromatic rings. The third kappa shape index (κ3) is 4.49. The highest BCUT2D eigenvalue weighted by atomic mass is 32.1. The van der Waals surface area contributed by atoms with E-state index >= 15 is 0 Å². The molecule has 0 spiro atoms. The van der Waals surface area contributed by atoms with E-state index in [0.717, 1.165) is 25.2 Å². The number of thiazole rings is 1. The maximum Gasteiger partial charge on any atom is 0.262 e. The first kappa shape index (κ1) is 22.4. The van der Waals surface area contributed by atoms with Gasteiger partial charge >= 0.3 is 0 Å². The van der Waals surface area contributed by atoms with Crippen molar-refractivity contribution in [2.45, 2.75) is 26.8 Å². The first-order chi connectivity index (χ1) is 16.5. The molecule has 0 atom stereocenters. The van der Waals surface area contributed by atoms with Gasteiger partial charge in [0.05, 0.1) is 21.1 Å². The number of nitrogens with zero attached hydrogens (tertiary/aromatic N) is 3. The fourth-order valence-electron chi connectivity index (χ4n) is 3.97. The van der Waals surface area contributed by atoms with Crippen LogP contribution in [0, 0.1) is 19.7 Å². The van der Waals surface area contributed by atoms with E-state index in [1.807, 2.05) is 62.5 Å². The maximum absolute atomic E-state index is 14.0. The van der Waals surface area contributed by atoms with E-state index in [1.54, 1.807) is 39.4 Å². The van der Waals surface area contributed by atoms with Gasteiger partial charge in [0.25, 0.3) is 5.56 Å². The summed E-state index contributed by atoms with van der Waals surface area (Å²) in [5.74, 6) is 0.127. The summed E-state index contributed by atoms with van der Waals surface area (Å²) in [4.78, 5) is 26.1. The molecule has 0 radical (unpaired) electrons. The van der Waals surface area contributed by atoms with Crippen molar-refractivity contribution < 1.29 is 4.39 Å². The Morgan fingerprint density at radius 3 is 2.44 bits per heavy atom. The van der Waals surface area contributed by atoms with Gasteiger partial charge in [-0.15, -0.1) is 22.7 Å². The number of rotatable bonds is 6. The number of thiophene rings is 1. The van der Waals surface area contributed by atoms with Crippen molar-refractivity contribution in [2.24, 2.45) is 0 Å². The Balaban J connectivity index is 1.62. The summed E-state index contributed by atoms with van der Waals surface area (Å²) in [6, 6.07) is 20.3. The zero-order valence-electron chi connectivity index (χ0n) is 18.8. The zero-order valence-corrected chi connectivity index (χ0v) is 20.4. The van der Waals surface area contributed by atoms with Crippen molar-refractivity contribution in [3.05, 3.63) is 105 Å². The van der Waals surface area contributed by atoms with Gasteiger partial charge < -0.3 is 0 Å². The maximum atomic E-state index is 14.0. The molecule has 3 aromatic heterocycles. The molecule has 0 aliphatic heterocycles. The van der Waals surface area contributed by atoms with Crippen molar-refractivity contribution in [3.8, 4) is 31.6 Å². The quantitative estimate of drug-likeness (QED) is 0.266. The molecule has 0 bridgehead atoms. The lowest BCUT2D eigenvalue weighted by molar-refractivity contribution is 0.626. The van der Waals surface area contributed by atoms with Crippen LogP contribution >= 0.6 is 22.7 Å². The van der Waals surface area contributed by atoms with Crippen molar-refractivity contribution in [2.75, 3.05) is 0 Å². The molecule has 0 saturated carbocycles. The van der Waals surface area contributed by atoms with Crippen LogP contribution in [0.4, 0.5) is 4.39 Å². The van der Waals surface area contributed by atoms with Crippen LogP contribution in [0.1, 0.15) is 16.3 Å². The Morgan fingerprint density at radius 2 is 1.71 bits per heavy atom. The Morgan fingerprint density at radius 1 is 0.912 bits per heavy atom. The molecular formula is C27H22FN3OS2. The largest absolute Gasteiger partial charge is 0.292 e. The lowest BCUT2D eigenvalue weighted by Crippen LogP contribution is -2.26. The molecule has 0 amide bonds. The summed E-state index contributed by atoms with van der Waals surface area (Å²) in [6.45, 7) is 4.27. The second-order valence-corrected chi connectivity index (χ2v) is 10.3. The topological polar surface area (TPSA) is 47.8 Å². The fraction of sp³-hybridized carbons (Fsp3) is 0.148. The Kier molecular flexibility index (Phi) is 6.22. The van der Waals surface area contributed by atoms with E-state index in [4.69, 9.17) is 4.98 Å². The van der Waals surface area contributed by atoms with E-state index in [0.29, 0.717) is 35.6 Å². The lowest BCUT2D eigenvalue weighted by Gasteiger charge is -2.16. The van der Waals surface area contributed by atoms with Crippen LogP contribution in [0.15, 0.2) is 77.7 Å². The number of hydrogen-bond acceptors (Lipinski definition) is 5. The van der Waals surface area contributed by atoms with Gasteiger partial charge in [0.1, 0.15) is 11.6 Å². The molecule has 4 nitrogen and oxygen atoms in total. The number of benzene rings is 2. The number of hydrogen-bond donors (Lipinski definition) is 0. The van der Waals surface area contributed by atoms with Crippen molar-refractivity contribution in [1.82, 2.24) is 14.5 Å². The van der Waals surface area contributed by atoms with E-state index in [1.165, 1.54) is 12.1 Å². The van der Waals surface area contributed by atoms with Crippen LogP contribution < -0.4 is 5.56 Å². The molecule has 2 aromatic carbocycles. The summed E-state index contributed by atoms with van der Waals surface area (Å²) >= 11 is 3.20. The van der Waals surface area contributed by atoms with Gasteiger partial charge in [-0.1, -0.05) is 42.5 Å². The first-order valence-electron chi connectivity index (χ1n) is 10.9. The normalized spacial score (nSPS) is 11.1. The number of halogens is 1. The standard InChI is InChI=1S/C27H22FN3OS2/c1-17-25(23-12-11-22(34-23)24-16-29-18(2)33-24)27(32)31(14-13-19-7-4-3-5-8-19)26(30-17)20-9-6-10-21(28)15-20/h3-12,15-16H,13-14H2,1-2H3. The molecule has 0 unspecified atom stereocenters. The average Bonchev–Trinajstić information content (AvgIpc) is 3.48. The van der Waals surface area contributed by atoms with Gasteiger partial charge in [0.2, 0.25) is 0 Å². The summed E-state index contributed by atoms with van der Waals surface area (Å²) in [5, 5.41) is 1.01. The van der Waals surface area contributed by atoms with Gasteiger partial charge in [-0.05, 0) is 50.1 Å². The highest BCUT2D eigenvalue weighted by Gasteiger charge is 2.19. The van der Waals surface area contributed by atoms with Crippen LogP contribution in [-0.4, -0.2) is 14.5 Å². The van der Waals surface area contributed by atoms with Gasteiger partial charge in [-0.3, -0.25) is 9.36 Å². The number of aryl methyl sites for hydroxylation is 3. The van der Waals surface area contributed by atoms with Crippen LogP contribution in [-0.2, 0) is 13.0 Å². The predicted molar refractivity (Wildman–Crippen MR) is 138 cm³/mol. The number of aromatic nitrogens is 3. The van der Waals surface area contributed by atoms with Crippen molar-refractivity contribution in [3.63, 3.8) is 0 Å². The minimum atomic E-state index is -0.356. The minimum absolute atomic E-state index is 0.114. The zero-order chi connectivity index (χ0) is 23.7. The summed E-state index contributed by atoms with van der Waals surface area (Å²) < 4.78 is 15.7. The minimum Gasteiger partial charge on any atom is -0.292 e. The van der Waals surface area contributed by atoms with E-state index < -0.39 is 0 Å². The summed E-state index contributed by atoms with van der Waals surface area (Å²) in [6.07, 6.45) is 2.54. The third-order valence-corrected chi connectivity index (χ3v) is 7.83. The van der Waals surface area contributed by atoms with Crippen molar-refractivity contribution >= 4 is 22.7 Å². The van der Waals surface area contributed by atoms with Gasteiger partial charge in [-0.25, -0.2) is 14.4 Å². The van der Waals surface area contributed by atoms with E-state index in [9.17, 15) is 9.18 Å². The van der Waals surface area contributed by atoms with E-state index in [2.05, 4.69) is 4.98 Å². The fourth-order valence-corrected chi connectivity index (χ4v) is 5.91. The smallest absolute Gasteiger partial charge is 0.262 e. The molecule has 34 heavy (non-hydrogen) atoms. The Hall–Kier alpha value is -3.42. The average molecular weight is 488 g/mol. The molecule has 3 heterocycles. The van der Waals surface area contributed by atoms with Gasteiger partial charge in [-0.2, -0.15) is 0 Å². The lowest BCUT2D eigenvalue weighted by atomic mass is 10.1.